The molecule has 0 radical (unpaired) electrons. The van der Waals surface area contributed by atoms with E-state index in [4.69, 9.17) is 0 Å². The predicted molar refractivity (Wildman–Crippen MR) is 58.0 cm³/mol. The van der Waals surface area contributed by atoms with Crippen LogP contribution in [0.4, 0.5) is 0 Å². The van der Waals surface area contributed by atoms with E-state index in [9.17, 15) is 0 Å². The molecular weight excluding hydrogens is 162 g/mol. The Kier molecular flexibility index (Phi) is 3.00. The molecule has 12 heavy (non-hydrogen) atoms. The van der Waals surface area contributed by atoms with Gasteiger partial charge >= 0.3 is 0 Å². The van der Waals surface area contributed by atoms with Gasteiger partial charge in [-0.1, -0.05) is 39.9 Å². The van der Waals surface area contributed by atoms with E-state index >= 15 is 0 Å². The van der Waals surface area contributed by atoms with Crippen LogP contribution in [0.25, 0.3) is 0 Å². The Morgan fingerprint density at radius 2 is 1.42 bits per heavy atom. The smallest absolute Gasteiger partial charge is 0.119 e. The van der Waals surface area contributed by atoms with Crippen molar-refractivity contribution < 1.29 is 0 Å². The molecule has 2 heteroatoms. The fraction of sp³-hybridized carbons (Fsp3) is 1.00. The fourth-order valence-corrected chi connectivity index (χ4v) is 5.65. The van der Waals surface area contributed by atoms with Crippen LogP contribution in [0, 0.1) is 0 Å². The van der Waals surface area contributed by atoms with E-state index in [0.29, 0.717) is 0 Å². The highest BCUT2D eigenvalue weighted by molar-refractivity contribution is 6.73. The summed E-state index contributed by atoms with van der Waals surface area (Å²) in [6.07, 6.45) is 4.26. The molecule has 0 unspecified atom stereocenters. The van der Waals surface area contributed by atoms with E-state index in [1.165, 1.54) is 19.3 Å². The van der Waals surface area contributed by atoms with Crippen molar-refractivity contribution in [3.8, 4) is 0 Å². The van der Waals surface area contributed by atoms with E-state index in [1.54, 1.807) is 0 Å². The van der Waals surface area contributed by atoms with Crippen molar-refractivity contribution in [2.75, 3.05) is 0 Å². The van der Waals surface area contributed by atoms with Crippen molar-refractivity contribution in [1.82, 2.24) is 4.57 Å². The highest BCUT2D eigenvalue weighted by Gasteiger charge is 2.34. The molecule has 1 saturated heterocycles. The summed E-state index contributed by atoms with van der Waals surface area (Å²) in [6, 6.07) is 1.67. The highest BCUT2D eigenvalue weighted by Crippen LogP contribution is 2.27. The van der Waals surface area contributed by atoms with Gasteiger partial charge in [0.2, 0.25) is 0 Å². The maximum Gasteiger partial charge on any atom is 0.119 e. The summed E-state index contributed by atoms with van der Waals surface area (Å²) in [5, 5.41) is 0. The summed E-state index contributed by atoms with van der Waals surface area (Å²) >= 11 is 0. The van der Waals surface area contributed by atoms with Gasteiger partial charge in [-0.25, -0.2) is 0 Å². The predicted octanol–water partition coefficient (Wildman–Crippen LogP) is 3.08. The Morgan fingerprint density at radius 1 is 1.00 bits per heavy atom. The van der Waals surface area contributed by atoms with Gasteiger partial charge in [0.1, 0.15) is 8.24 Å². The molecule has 1 fully saturated rings. The molecule has 2 atom stereocenters. The van der Waals surface area contributed by atoms with Gasteiger partial charge in [-0.05, 0) is 12.8 Å². The molecule has 0 amide bonds. The van der Waals surface area contributed by atoms with Crippen molar-refractivity contribution in [2.45, 2.75) is 64.8 Å². The largest absolute Gasteiger partial charge is 0.319 e. The average molecular weight is 185 g/mol. The lowest BCUT2D eigenvalue weighted by Gasteiger charge is -2.46. The Balaban J connectivity index is 2.69. The Labute approximate surface area is 78.2 Å². The third kappa shape index (κ3) is 2.11. The standard InChI is InChI=1S/C10H23NSi/c1-9-7-6-8-10(2)11(9)12(3,4)5/h9-10H,6-8H2,1-5H3/t9-,10-/m0/s1. The molecule has 0 saturated carbocycles. The first-order valence-electron chi connectivity index (χ1n) is 5.21. The Bertz CT molecular complexity index is 140. The van der Waals surface area contributed by atoms with Crippen LogP contribution in [0.1, 0.15) is 33.1 Å². The van der Waals surface area contributed by atoms with Crippen LogP contribution in [-0.2, 0) is 0 Å². The monoisotopic (exact) mass is 185 g/mol. The summed E-state index contributed by atoms with van der Waals surface area (Å²) in [4.78, 5) is 0. The summed E-state index contributed by atoms with van der Waals surface area (Å²) in [7, 11) is -1.05. The summed E-state index contributed by atoms with van der Waals surface area (Å²) in [6.45, 7) is 12.2. The van der Waals surface area contributed by atoms with E-state index in [1.807, 2.05) is 0 Å². The SMILES string of the molecule is C[C@H]1CCC[C@H](C)N1[Si](C)(C)C. The normalized spacial score (nSPS) is 33.8. The van der Waals surface area contributed by atoms with Crippen LogP contribution in [0.15, 0.2) is 0 Å². The molecule has 1 heterocycles. The highest BCUT2D eigenvalue weighted by atomic mass is 28.3. The Morgan fingerprint density at radius 3 is 1.67 bits per heavy atom. The molecule has 1 nitrogen and oxygen atoms in total. The summed E-state index contributed by atoms with van der Waals surface area (Å²) in [5.74, 6) is 0. The van der Waals surface area contributed by atoms with Gasteiger partial charge in [-0.3, -0.25) is 0 Å². The number of rotatable bonds is 1. The van der Waals surface area contributed by atoms with E-state index in [0.717, 1.165) is 12.1 Å². The number of nitrogens with zero attached hydrogens (tertiary/aromatic N) is 1. The minimum absolute atomic E-state index is 0.834. The average Bonchev–Trinajstić information content (AvgIpc) is 1.82. The molecule has 0 aromatic heterocycles. The van der Waals surface area contributed by atoms with Crippen LogP contribution < -0.4 is 0 Å². The fourth-order valence-electron chi connectivity index (χ4n) is 2.74. The van der Waals surface area contributed by atoms with Gasteiger partial charge in [0.15, 0.2) is 0 Å². The van der Waals surface area contributed by atoms with Gasteiger partial charge in [0, 0.05) is 12.1 Å². The van der Waals surface area contributed by atoms with Gasteiger partial charge in [0.05, 0.1) is 0 Å². The molecule has 1 aliphatic rings. The zero-order valence-electron chi connectivity index (χ0n) is 9.22. The molecule has 0 spiro atoms. The minimum atomic E-state index is -1.05. The maximum atomic E-state index is 2.80. The molecule has 0 N–H and O–H groups in total. The van der Waals surface area contributed by atoms with Gasteiger partial charge in [-0.2, -0.15) is 0 Å². The Hall–Kier alpha value is 0.177. The second-order valence-electron chi connectivity index (χ2n) is 5.21. The molecule has 72 valence electrons. The number of hydrogen-bond acceptors (Lipinski definition) is 1. The first kappa shape index (κ1) is 10.3. The quantitative estimate of drug-likeness (QED) is 0.568. The molecule has 0 bridgehead atoms. The van der Waals surface area contributed by atoms with Crippen LogP contribution in [0.3, 0.4) is 0 Å². The number of piperidine rings is 1. The van der Waals surface area contributed by atoms with Crippen LogP contribution in [-0.4, -0.2) is 24.9 Å². The van der Waals surface area contributed by atoms with Gasteiger partial charge < -0.3 is 4.57 Å². The first-order chi connectivity index (χ1) is 5.43. The summed E-state index contributed by atoms with van der Waals surface area (Å²) < 4.78 is 2.80. The minimum Gasteiger partial charge on any atom is -0.319 e. The lowest BCUT2D eigenvalue weighted by Crippen LogP contribution is -2.57. The second kappa shape index (κ2) is 3.50. The van der Waals surface area contributed by atoms with Crippen molar-refractivity contribution in [3.63, 3.8) is 0 Å². The number of hydrogen-bond donors (Lipinski definition) is 0. The molecule has 0 aromatic carbocycles. The topological polar surface area (TPSA) is 3.24 Å². The molecule has 0 aliphatic carbocycles. The van der Waals surface area contributed by atoms with Crippen LogP contribution in [0.2, 0.25) is 19.6 Å². The lowest BCUT2D eigenvalue weighted by molar-refractivity contribution is 0.195. The van der Waals surface area contributed by atoms with Crippen LogP contribution >= 0.6 is 0 Å². The zero-order valence-corrected chi connectivity index (χ0v) is 10.2. The van der Waals surface area contributed by atoms with Gasteiger partial charge in [0.25, 0.3) is 0 Å². The molecule has 1 rings (SSSR count). The van der Waals surface area contributed by atoms with Gasteiger partial charge in [-0.15, -0.1) is 0 Å². The maximum absolute atomic E-state index is 2.80. The van der Waals surface area contributed by atoms with Crippen molar-refractivity contribution in [1.29, 1.82) is 0 Å². The molecular formula is C10H23NSi. The van der Waals surface area contributed by atoms with E-state index in [2.05, 4.69) is 38.1 Å². The van der Waals surface area contributed by atoms with Crippen LogP contribution in [0.5, 0.6) is 0 Å². The third-order valence-corrected chi connectivity index (χ3v) is 5.40. The van der Waals surface area contributed by atoms with Crippen molar-refractivity contribution in [3.05, 3.63) is 0 Å². The first-order valence-corrected chi connectivity index (χ1v) is 8.66. The zero-order chi connectivity index (χ0) is 9.35. The van der Waals surface area contributed by atoms with Crippen molar-refractivity contribution in [2.24, 2.45) is 0 Å². The third-order valence-electron chi connectivity index (χ3n) is 2.97. The second-order valence-corrected chi connectivity index (χ2v) is 10.1. The molecule has 1 aliphatic heterocycles. The molecule has 0 aromatic rings. The van der Waals surface area contributed by atoms with E-state index in [-0.39, 0.29) is 0 Å². The summed E-state index contributed by atoms with van der Waals surface area (Å²) in [5.41, 5.74) is 0. The lowest BCUT2D eigenvalue weighted by atomic mass is 10.0. The van der Waals surface area contributed by atoms with Crippen molar-refractivity contribution >= 4 is 8.24 Å². The van der Waals surface area contributed by atoms with E-state index < -0.39 is 8.24 Å².